The highest BCUT2D eigenvalue weighted by atomic mass is 16.5. The molecule has 2 amide bonds. The number of hydrogen-bond donors (Lipinski definition) is 0. The minimum atomic E-state index is -0.244. The molecule has 0 unspecified atom stereocenters. The Morgan fingerprint density at radius 2 is 1.88 bits per heavy atom. The topological polar surface area (TPSA) is 59.1 Å². The summed E-state index contributed by atoms with van der Waals surface area (Å²) in [5.41, 5.74) is -0.244. The molecule has 3 aliphatic rings. The first-order valence-corrected chi connectivity index (χ1v) is 9.28. The first-order valence-electron chi connectivity index (χ1n) is 9.28. The third-order valence-electron chi connectivity index (χ3n) is 5.24. The maximum absolute atomic E-state index is 12.1. The second kappa shape index (κ2) is 7.40. The van der Waals surface area contributed by atoms with Crippen LogP contribution in [0.15, 0.2) is 0 Å². The molecule has 1 spiro atoms. The Balaban J connectivity index is 1.42. The molecular weight excluding hydrogens is 308 g/mol. The number of rotatable bonds is 5. The highest BCUT2D eigenvalue weighted by Crippen LogP contribution is 2.35. The van der Waals surface area contributed by atoms with Crippen LogP contribution in [0.2, 0.25) is 0 Å². The van der Waals surface area contributed by atoms with E-state index in [1.807, 2.05) is 9.80 Å². The van der Waals surface area contributed by atoms with Crippen molar-refractivity contribution in [3.63, 3.8) is 0 Å². The van der Waals surface area contributed by atoms with Crippen LogP contribution in [-0.2, 0) is 19.1 Å². The molecule has 3 saturated heterocycles. The summed E-state index contributed by atoms with van der Waals surface area (Å²) in [7, 11) is 0. The fourth-order valence-electron chi connectivity index (χ4n) is 3.90. The monoisotopic (exact) mass is 338 g/mol. The van der Waals surface area contributed by atoms with Gasteiger partial charge < -0.3 is 19.3 Å². The normalized spacial score (nSPS) is 26.0. The SMILES string of the molecule is CC(C)CC(=O)N1CC2(C[C@H](OCC(=O)N3CCCC3)CCO2)C1. The number of carbonyl (C=O) groups is 2. The summed E-state index contributed by atoms with van der Waals surface area (Å²) in [4.78, 5) is 28.0. The average molecular weight is 338 g/mol. The molecule has 3 heterocycles. The molecule has 136 valence electrons. The lowest BCUT2D eigenvalue weighted by atomic mass is 9.84. The zero-order valence-corrected chi connectivity index (χ0v) is 15.0. The quantitative estimate of drug-likeness (QED) is 0.761. The van der Waals surface area contributed by atoms with E-state index in [0.29, 0.717) is 32.0 Å². The van der Waals surface area contributed by atoms with Gasteiger partial charge in [0, 0.05) is 32.5 Å². The fourth-order valence-corrected chi connectivity index (χ4v) is 3.90. The minimum Gasteiger partial charge on any atom is -0.371 e. The lowest BCUT2D eigenvalue weighted by Crippen LogP contribution is -2.67. The van der Waals surface area contributed by atoms with Crippen LogP contribution < -0.4 is 0 Å². The van der Waals surface area contributed by atoms with Crippen molar-refractivity contribution in [3.8, 4) is 0 Å². The summed E-state index contributed by atoms with van der Waals surface area (Å²) < 4.78 is 11.8. The van der Waals surface area contributed by atoms with Gasteiger partial charge in [-0.3, -0.25) is 9.59 Å². The molecular formula is C18H30N2O4. The van der Waals surface area contributed by atoms with E-state index in [9.17, 15) is 9.59 Å². The van der Waals surface area contributed by atoms with E-state index >= 15 is 0 Å². The molecule has 0 aromatic heterocycles. The average Bonchev–Trinajstić information content (AvgIpc) is 3.04. The Morgan fingerprint density at radius 1 is 1.17 bits per heavy atom. The summed E-state index contributed by atoms with van der Waals surface area (Å²) in [5, 5.41) is 0. The van der Waals surface area contributed by atoms with Crippen LogP contribution in [0, 0.1) is 5.92 Å². The van der Waals surface area contributed by atoms with Crippen LogP contribution >= 0.6 is 0 Å². The molecule has 0 aromatic rings. The number of hydrogen-bond acceptors (Lipinski definition) is 4. The van der Waals surface area contributed by atoms with Gasteiger partial charge in [0.05, 0.1) is 19.2 Å². The molecule has 0 aliphatic carbocycles. The minimum absolute atomic E-state index is 0.0626. The van der Waals surface area contributed by atoms with Crippen molar-refractivity contribution < 1.29 is 19.1 Å². The Hall–Kier alpha value is -1.14. The molecule has 6 heteroatoms. The maximum atomic E-state index is 12.1. The molecule has 0 N–H and O–H groups in total. The second-order valence-corrected chi connectivity index (χ2v) is 7.89. The van der Waals surface area contributed by atoms with Gasteiger partial charge in [0.15, 0.2) is 0 Å². The van der Waals surface area contributed by atoms with E-state index in [1.54, 1.807) is 0 Å². The zero-order chi connectivity index (χ0) is 17.2. The van der Waals surface area contributed by atoms with Gasteiger partial charge in [0.25, 0.3) is 0 Å². The molecule has 0 radical (unpaired) electrons. The van der Waals surface area contributed by atoms with Crippen LogP contribution in [0.4, 0.5) is 0 Å². The summed E-state index contributed by atoms with van der Waals surface area (Å²) in [6, 6.07) is 0. The van der Waals surface area contributed by atoms with Crippen LogP contribution in [0.5, 0.6) is 0 Å². The van der Waals surface area contributed by atoms with Crippen LogP contribution in [0.3, 0.4) is 0 Å². The van der Waals surface area contributed by atoms with Gasteiger partial charge in [-0.2, -0.15) is 0 Å². The Labute approximate surface area is 144 Å². The molecule has 6 nitrogen and oxygen atoms in total. The largest absolute Gasteiger partial charge is 0.371 e. The van der Waals surface area contributed by atoms with Gasteiger partial charge in [-0.1, -0.05) is 13.8 Å². The number of likely N-dealkylation sites (tertiary alicyclic amines) is 2. The number of ether oxygens (including phenoxy) is 2. The van der Waals surface area contributed by atoms with E-state index in [1.165, 1.54) is 0 Å². The molecule has 1 atom stereocenters. The molecule has 0 bridgehead atoms. The van der Waals surface area contributed by atoms with Crippen molar-refractivity contribution in [2.24, 2.45) is 5.92 Å². The van der Waals surface area contributed by atoms with Gasteiger partial charge in [-0.25, -0.2) is 0 Å². The summed E-state index contributed by atoms with van der Waals surface area (Å²) >= 11 is 0. The Morgan fingerprint density at radius 3 is 2.54 bits per heavy atom. The second-order valence-electron chi connectivity index (χ2n) is 7.89. The van der Waals surface area contributed by atoms with Crippen LogP contribution in [-0.4, -0.2) is 72.7 Å². The van der Waals surface area contributed by atoms with E-state index in [0.717, 1.165) is 38.8 Å². The summed E-state index contributed by atoms with van der Waals surface area (Å²) in [6.45, 7) is 8.01. The van der Waals surface area contributed by atoms with Crippen molar-refractivity contribution >= 4 is 11.8 Å². The first kappa shape index (κ1) is 17.7. The van der Waals surface area contributed by atoms with Crippen LogP contribution in [0.1, 0.15) is 46.0 Å². The van der Waals surface area contributed by atoms with Crippen molar-refractivity contribution in [2.75, 3.05) is 39.4 Å². The van der Waals surface area contributed by atoms with Crippen molar-refractivity contribution in [3.05, 3.63) is 0 Å². The van der Waals surface area contributed by atoms with Gasteiger partial charge >= 0.3 is 0 Å². The lowest BCUT2D eigenvalue weighted by Gasteiger charge is -2.53. The summed E-state index contributed by atoms with van der Waals surface area (Å²) in [5.74, 6) is 0.705. The molecule has 24 heavy (non-hydrogen) atoms. The molecule has 3 rings (SSSR count). The molecule has 3 fully saturated rings. The first-order chi connectivity index (χ1) is 11.5. The number of nitrogens with zero attached hydrogens (tertiary/aromatic N) is 2. The molecule has 0 saturated carbocycles. The maximum Gasteiger partial charge on any atom is 0.248 e. The molecule has 0 aromatic carbocycles. The summed E-state index contributed by atoms with van der Waals surface area (Å²) in [6.07, 6.45) is 4.48. The third kappa shape index (κ3) is 4.09. The van der Waals surface area contributed by atoms with E-state index in [2.05, 4.69) is 13.8 Å². The molecule has 3 aliphatic heterocycles. The van der Waals surface area contributed by atoms with Crippen molar-refractivity contribution in [1.29, 1.82) is 0 Å². The van der Waals surface area contributed by atoms with Crippen molar-refractivity contribution in [2.45, 2.75) is 57.7 Å². The Bertz CT molecular complexity index is 468. The lowest BCUT2D eigenvalue weighted by molar-refractivity contribution is -0.202. The predicted octanol–water partition coefficient (Wildman–Crippen LogP) is 1.43. The zero-order valence-electron chi connectivity index (χ0n) is 15.0. The van der Waals surface area contributed by atoms with E-state index in [-0.39, 0.29) is 30.1 Å². The fraction of sp³-hybridized carbons (Fsp3) is 0.889. The highest BCUT2D eigenvalue weighted by Gasteiger charge is 2.49. The highest BCUT2D eigenvalue weighted by molar-refractivity contribution is 5.78. The number of carbonyl (C=O) groups excluding carboxylic acids is 2. The standard InChI is InChI=1S/C18H30N2O4/c1-14(2)9-16(21)20-12-18(13-20)10-15(5-8-24-18)23-11-17(22)19-6-3-4-7-19/h14-15H,3-13H2,1-2H3/t15-/m1/s1. The predicted molar refractivity (Wildman–Crippen MR) is 89.5 cm³/mol. The van der Waals surface area contributed by atoms with Gasteiger partial charge in [0.2, 0.25) is 11.8 Å². The van der Waals surface area contributed by atoms with Crippen molar-refractivity contribution in [1.82, 2.24) is 9.80 Å². The van der Waals surface area contributed by atoms with Gasteiger partial charge in [0.1, 0.15) is 12.2 Å². The van der Waals surface area contributed by atoms with E-state index < -0.39 is 0 Å². The van der Waals surface area contributed by atoms with E-state index in [4.69, 9.17) is 9.47 Å². The Kier molecular flexibility index (Phi) is 5.45. The smallest absolute Gasteiger partial charge is 0.248 e. The van der Waals surface area contributed by atoms with Crippen LogP contribution in [0.25, 0.3) is 0 Å². The van der Waals surface area contributed by atoms with Gasteiger partial charge in [-0.05, 0) is 25.2 Å². The number of amides is 2. The van der Waals surface area contributed by atoms with Gasteiger partial charge in [-0.15, -0.1) is 0 Å². The third-order valence-corrected chi connectivity index (χ3v) is 5.24.